The number of nitrogens with one attached hydrogen (secondary N) is 2. The SMILES string of the molecule is COC(=O)[C@H](CCn1ccc(NC(=O)OCc2ccccc2)nc1=O)NC(=O)OC(C)(C)C. The Morgan fingerprint density at radius 1 is 1.09 bits per heavy atom. The second-order valence-electron chi connectivity index (χ2n) is 7.99. The Morgan fingerprint density at radius 2 is 1.79 bits per heavy atom. The van der Waals surface area contributed by atoms with Crippen molar-refractivity contribution in [2.75, 3.05) is 12.4 Å². The van der Waals surface area contributed by atoms with Gasteiger partial charge in [-0.25, -0.2) is 19.2 Å². The minimum absolute atomic E-state index is 0.0192. The van der Waals surface area contributed by atoms with Crippen molar-refractivity contribution >= 4 is 24.0 Å². The second-order valence-corrected chi connectivity index (χ2v) is 7.99. The molecule has 2 aromatic rings. The van der Waals surface area contributed by atoms with Crippen LogP contribution >= 0.6 is 0 Å². The molecule has 0 saturated heterocycles. The van der Waals surface area contributed by atoms with Crippen molar-refractivity contribution in [1.29, 1.82) is 0 Å². The van der Waals surface area contributed by atoms with Crippen molar-refractivity contribution in [3.63, 3.8) is 0 Å². The molecule has 2 rings (SSSR count). The molecule has 11 heteroatoms. The maximum absolute atomic E-state index is 12.3. The highest BCUT2D eigenvalue weighted by atomic mass is 16.6. The molecule has 1 heterocycles. The van der Waals surface area contributed by atoms with Crippen LogP contribution in [-0.2, 0) is 32.2 Å². The third-order valence-electron chi connectivity index (χ3n) is 4.15. The fourth-order valence-electron chi connectivity index (χ4n) is 2.64. The van der Waals surface area contributed by atoms with Crippen molar-refractivity contribution in [2.24, 2.45) is 0 Å². The minimum atomic E-state index is -1.03. The van der Waals surface area contributed by atoms with Gasteiger partial charge < -0.3 is 19.5 Å². The van der Waals surface area contributed by atoms with Gasteiger partial charge in [0.05, 0.1) is 7.11 Å². The predicted molar refractivity (Wildman–Crippen MR) is 119 cm³/mol. The van der Waals surface area contributed by atoms with Crippen molar-refractivity contribution in [3.8, 4) is 0 Å². The summed E-state index contributed by atoms with van der Waals surface area (Å²) in [4.78, 5) is 52.0. The molecule has 0 aliphatic heterocycles. The summed E-state index contributed by atoms with van der Waals surface area (Å²) >= 11 is 0. The molecule has 0 unspecified atom stereocenters. The number of anilines is 1. The third-order valence-corrected chi connectivity index (χ3v) is 4.15. The lowest BCUT2D eigenvalue weighted by Gasteiger charge is -2.22. The number of alkyl carbamates (subject to hydrolysis) is 1. The van der Waals surface area contributed by atoms with Crippen LogP contribution in [0.3, 0.4) is 0 Å². The van der Waals surface area contributed by atoms with E-state index < -0.39 is 35.5 Å². The molecule has 11 nitrogen and oxygen atoms in total. The Balaban J connectivity index is 1.93. The van der Waals surface area contributed by atoms with E-state index in [4.69, 9.17) is 14.2 Å². The topological polar surface area (TPSA) is 138 Å². The number of amides is 2. The molecule has 0 bridgehead atoms. The maximum atomic E-state index is 12.3. The molecule has 0 spiro atoms. The zero-order chi connectivity index (χ0) is 24.4. The summed E-state index contributed by atoms with van der Waals surface area (Å²) in [6, 6.07) is 9.51. The number of aromatic nitrogens is 2. The van der Waals surface area contributed by atoms with E-state index in [1.165, 1.54) is 23.9 Å². The number of carbonyl (C=O) groups excluding carboxylic acids is 3. The molecule has 0 aliphatic carbocycles. The molecular formula is C22H28N4O7. The molecule has 1 atom stereocenters. The molecule has 1 aromatic heterocycles. The van der Waals surface area contributed by atoms with Crippen LogP contribution in [0.15, 0.2) is 47.4 Å². The van der Waals surface area contributed by atoms with E-state index in [0.717, 1.165) is 5.56 Å². The molecule has 0 fully saturated rings. The minimum Gasteiger partial charge on any atom is -0.467 e. The molecule has 2 amide bonds. The highest BCUT2D eigenvalue weighted by Crippen LogP contribution is 2.08. The average molecular weight is 460 g/mol. The molecule has 0 radical (unpaired) electrons. The van der Waals surface area contributed by atoms with Crippen LogP contribution in [0.4, 0.5) is 15.4 Å². The summed E-state index contributed by atoms with van der Waals surface area (Å²) in [5.74, 6) is -0.660. The Labute approximate surface area is 191 Å². The zero-order valence-electron chi connectivity index (χ0n) is 19.0. The number of hydrogen-bond acceptors (Lipinski definition) is 8. The van der Waals surface area contributed by atoms with Gasteiger partial charge in [0.2, 0.25) is 0 Å². The highest BCUT2D eigenvalue weighted by molar-refractivity contribution is 5.83. The van der Waals surface area contributed by atoms with Gasteiger partial charge in [0.1, 0.15) is 24.1 Å². The summed E-state index contributed by atoms with van der Waals surface area (Å²) < 4.78 is 16.2. The van der Waals surface area contributed by atoms with Gasteiger partial charge in [0, 0.05) is 12.7 Å². The number of benzene rings is 1. The fraction of sp³-hybridized carbons (Fsp3) is 0.409. The van der Waals surface area contributed by atoms with Crippen molar-refractivity contribution in [2.45, 2.75) is 52.0 Å². The summed E-state index contributed by atoms with van der Waals surface area (Å²) in [6.45, 7) is 5.21. The van der Waals surface area contributed by atoms with E-state index in [2.05, 4.69) is 15.6 Å². The normalized spacial score (nSPS) is 11.8. The average Bonchev–Trinajstić information content (AvgIpc) is 2.75. The van der Waals surface area contributed by atoms with Gasteiger partial charge >= 0.3 is 23.8 Å². The van der Waals surface area contributed by atoms with Crippen LogP contribution in [0.2, 0.25) is 0 Å². The standard InChI is InChI=1S/C22H28N4O7/c1-22(2,3)33-21(30)23-16(18(27)31-4)10-12-26-13-11-17(24-19(26)28)25-20(29)32-14-15-8-6-5-7-9-15/h5-9,11,13,16H,10,12,14H2,1-4H3,(H,23,30)(H,24,25,28,29)/t16-/m0/s1. The van der Waals surface area contributed by atoms with Crippen molar-refractivity contribution < 1.29 is 28.6 Å². The molecule has 1 aromatic carbocycles. The van der Waals surface area contributed by atoms with E-state index in [0.29, 0.717) is 0 Å². The first-order chi connectivity index (χ1) is 15.6. The number of rotatable bonds is 8. The van der Waals surface area contributed by atoms with Crippen molar-refractivity contribution in [1.82, 2.24) is 14.9 Å². The summed E-state index contributed by atoms with van der Waals surface area (Å²) in [7, 11) is 1.19. The summed E-state index contributed by atoms with van der Waals surface area (Å²) in [5, 5.41) is 4.82. The van der Waals surface area contributed by atoms with E-state index in [1.54, 1.807) is 20.8 Å². The Morgan fingerprint density at radius 3 is 2.39 bits per heavy atom. The first kappa shape index (κ1) is 25.4. The van der Waals surface area contributed by atoms with Crippen LogP contribution < -0.4 is 16.3 Å². The fourth-order valence-corrected chi connectivity index (χ4v) is 2.64. The van der Waals surface area contributed by atoms with Gasteiger partial charge in [0.15, 0.2) is 0 Å². The van der Waals surface area contributed by atoms with Crippen LogP contribution in [0, 0.1) is 0 Å². The van der Waals surface area contributed by atoms with Crippen molar-refractivity contribution in [3.05, 3.63) is 58.6 Å². The lowest BCUT2D eigenvalue weighted by atomic mass is 10.2. The largest absolute Gasteiger partial charge is 0.467 e. The summed E-state index contributed by atoms with van der Waals surface area (Å²) in [5.41, 5.74) is -0.579. The number of aryl methyl sites for hydroxylation is 1. The van der Waals surface area contributed by atoms with E-state index in [9.17, 15) is 19.2 Å². The first-order valence-corrected chi connectivity index (χ1v) is 10.2. The third kappa shape index (κ3) is 9.01. The predicted octanol–water partition coefficient (Wildman–Crippen LogP) is 2.45. The lowest BCUT2D eigenvalue weighted by molar-refractivity contribution is -0.143. The zero-order valence-corrected chi connectivity index (χ0v) is 19.0. The monoisotopic (exact) mass is 460 g/mol. The maximum Gasteiger partial charge on any atom is 0.413 e. The van der Waals surface area contributed by atoms with Gasteiger partial charge in [0.25, 0.3) is 0 Å². The Kier molecular flexibility index (Phi) is 8.96. The van der Waals surface area contributed by atoms with Gasteiger partial charge in [-0.05, 0) is 38.8 Å². The van der Waals surface area contributed by atoms with Gasteiger partial charge in [-0.15, -0.1) is 0 Å². The van der Waals surface area contributed by atoms with E-state index in [1.807, 2.05) is 30.3 Å². The quantitative estimate of drug-likeness (QED) is 0.453. The first-order valence-electron chi connectivity index (χ1n) is 10.2. The van der Waals surface area contributed by atoms with E-state index in [-0.39, 0.29) is 25.4 Å². The second kappa shape index (κ2) is 11.7. The molecule has 0 aliphatic rings. The Hall–Kier alpha value is -3.89. The number of ether oxygens (including phenoxy) is 3. The number of carbonyl (C=O) groups is 3. The van der Waals surface area contributed by atoms with Gasteiger partial charge in [-0.2, -0.15) is 4.98 Å². The van der Waals surface area contributed by atoms with Crippen LogP contribution in [0.1, 0.15) is 32.8 Å². The number of hydrogen-bond donors (Lipinski definition) is 2. The Bertz CT molecular complexity index is 1020. The van der Waals surface area contributed by atoms with Gasteiger partial charge in [-0.3, -0.25) is 9.88 Å². The lowest BCUT2D eigenvalue weighted by Crippen LogP contribution is -2.44. The van der Waals surface area contributed by atoms with Crippen LogP contribution in [0.25, 0.3) is 0 Å². The van der Waals surface area contributed by atoms with Crippen LogP contribution in [0.5, 0.6) is 0 Å². The molecule has 33 heavy (non-hydrogen) atoms. The summed E-state index contributed by atoms with van der Waals surface area (Å²) in [6.07, 6.45) is -0.0728. The molecule has 178 valence electrons. The number of esters is 1. The molecule has 0 saturated carbocycles. The molecule has 2 N–H and O–H groups in total. The smallest absolute Gasteiger partial charge is 0.413 e. The van der Waals surface area contributed by atoms with Crippen LogP contribution in [-0.4, -0.2) is 46.5 Å². The number of nitrogens with zero attached hydrogens (tertiary/aromatic N) is 2. The number of methoxy groups -OCH3 is 1. The van der Waals surface area contributed by atoms with Gasteiger partial charge in [-0.1, -0.05) is 30.3 Å². The molecular weight excluding hydrogens is 432 g/mol. The van der Waals surface area contributed by atoms with E-state index >= 15 is 0 Å². The highest BCUT2D eigenvalue weighted by Gasteiger charge is 2.25.